The van der Waals surface area contributed by atoms with Crippen LogP contribution in [0.25, 0.3) is 0 Å². The summed E-state index contributed by atoms with van der Waals surface area (Å²) in [5.41, 5.74) is 1.97. The minimum atomic E-state index is -3.95. The van der Waals surface area contributed by atoms with Gasteiger partial charge in [-0.3, -0.25) is 9.59 Å². The zero-order valence-corrected chi connectivity index (χ0v) is 15.8. The number of nitrogens with zero attached hydrogens (tertiary/aromatic N) is 1. The van der Waals surface area contributed by atoms with Gasteiger partial charge in [0.05, 0.1) is 5.69 Å². The molecule has 0 spiro atoms. The lowest BCUT2D eigenvalue weighted by molar-refractivity contribution is 0.0949. The molecule has 2 amide bonds. The van der Waals surface area contributed by atoms with Gasteiger partial charge in [-0.05, 0) is 42.3 Å². The van der Waals surface area contributed by atoms with E-state index >= 15 is 0 Å². The van der Waals surface area contributed by atoms with Gasteiger partial charge in [-0.1, -0.05) is 30.3 Å². The van der Waals surface area contributed by atoms with E-state index in [9.17, 15) is 18.0 Å². The number of anilines is 1. The predicted octanol–water partition coefficient (Wildman–Crippen LogP) is 2.53. The second kappa shape index (κ2) is 6.65. The summed E-state index contributed by atoms with van der Waals surface area (Å²) in [7, 11) is -3.95. The third-order valence-electron chi connectivity index (χ3n) is 4.48. The van der Waals surface area contributed by atoms with E-state index in [2.05, 4.69) is 10.6 Å². The first-order chi connectivity index (χ1) is 13.4. The molecule has 142 valence electrons. The van der Waals surface area contributed by atoms with Gasteiger partial charge in [0, 0.05) is 18.3 Å². The van der Waals surface area contributed by atoms with Crippen LogP contribution in [0.3, 0.4) is 0 Å². The monoisotopic (exact) mass is 395 g/mol. The Bertz CT molecular complexity index is 1200. The summed E-state index contributed by atoms with van der Waals surface area (Å²) in [5, 5.41) is 5.38. The number of carbonyl (C=O) groups is 2. The highest BCUT2D eigenvalue weighted by atomic mass is 32.2. The fourth-order valence-electron chi connectivity index (χ4n) is 3.10. The van der Waals surface area contributed by atoms with Crippen molar-refractivity contribution in [3.05, 3.63) is 83.2 Å². The molecular weight excluding hydrogens is 378 g/mol. The molecule has 0 aliphatic carbocycles. The Kier molecular flexibility index (Phi) is 4.27. The quantitative estimate of drug-likeness (QED) is 0.712. The van der Waals surface area contributed by atoms with Crippen LogP contribution in [-0.2, 0) is 16.6 Å². The highest BCUT2D eigenvalue weighted by molar-refractivity contribution is 7.90. The van der Waals surface area contributed by atoms with Crippen molar-refractivity contribution < 1.29 is 18.0 Å². The highest BCUT2D eigenvalue weighted by Gasteiger charge is 2.31. The third kappa shape index (κ3) is 3.07. The third-order valence-corrected chi connectivity index (χ3v) is 6.21. The van der Waals surface area contributed by atoms with Crippen molar-refractivity contribution >= 4 is 27.5 Å². The van der Waals surface area contributed by atoms with E-state index in [1.165, 1.54) is 30.5 Å². The van der Waals surface area contributed by atoms with E-state index in [4.69, 9.17) is 0 Å². The summed E-state index contributed by atoms with van der Waals surface area (Å²) >= 11 is 0. The SMILES string of the molecule is Cc1cc2n(c1)S(=O)(=O)c1ccc(C(=O)NCc3ccccc3)cc1NC2=O. The van der Waals surface area contributed by atoms with Gasteiger partial charge >= 0.3 is 0 Å². The number of aromatic nitrogens is 1. The maximum absolute atomic E-state index is 12.9. The maximum Gasteiger partial charge on any atom is 0.273 e. The Balaban J connectivity index is 1.66. The number of rotatable bonds is 3. The van der Waals surface area contributed by atoms with E-state index < -0.39 is 15.9 Å². The molecule has 0 saturated heterocycles. The number of fused-ring (bicyclic) bond motifs is 2. The first-order valence-electron chi connectivity index (χ1n) is 8.58. The van der Waals surface area contributed by atoms with Crippen molar-refractivity contribution in [2.45, 2.75) is 18.4 Å². The van der Waals surface area contributed by atoms with Crippen molar-refractivity contribution in [3.8, 4) is 0 Å². The number of aryl methyl sites for hydroxylation is 1. The molecule has 0 unspecified atom stereocenters. The van der Waals surface area contributed by atoms with Gasteiger partial charge < -0.3 is 10.6 Å². The van der Waals surface area contributed by atoms with E-state index in [0.29, 0.717) is 12.1 Å². The Labute approximate surface area is 162 Å². The number of carbonyl (C=O) groups excluding carboxylic acids is 2. The number of hydrogen-bond donors (Lipinski definition) is 2. The Hall–Kier alpha value is -3.39. The van der Waals surface area contributed by atoms with Crippen molar-refractivity contribution in [1.82, 2.24) is 9.29 Å². The number of benzene rings is 2. The van der Waals surface area contributed by atoms with E-state index in [1.807, 2.05) is 30.3 Å². The summed E-state index contributed by atoms with van der Waals surface area (Å²) in [6.07, 6.45) is 1.40. The zero-order valence-electron chi connectivity index (χ0n) is 15.0. The first kappa shape index (κ1) is 18.0. The fourth-order valence-corrected chi connectivity index (χ4v) is 4.64. The minimum Gasteiger partial charge on any atom is -0.348 e. The average molecular weight is 395 g/mol. The van der Waals surface area contributed by atoms with Crippen molar-refractivity contribution in [1.29, 1.82) is 0 Å². The standard InChI is InChI=1S/C20H17N3O4S/c1-13-9-17-20(25)22-16-10-15(7-8-18(16)28(26,27)23(17)12-13)19(24)21-11-14-5-3-2-4-6-14/h2-10,12H,11H2,1H3,(H,21,24)(H,22,25). The number of nitrogens with one attached hydrogen (secondary N) is 2. The normalized spacial score (nSPS) is 14.4. The van der Waals surface area contributed by atoms with Gasteiger partial charge in [-0.25, -0.2) is 12.4 Å². The molecule has 0 bridgehead atoms. The maximum atomic E-state index is 12.9. The fraction of sp³-hybridized carbons (Fsp3) is 0.100. The summed E-state index contributed by atoms with van der Waals surface area (Å²) < 4.78 is 26.8. The summed E-state index contributed by atoms with van der Waals surface area (Å²) in [4.78, 5) is 24.9. The Morgan fingerprint density at radius 3 is 2.61 bits per heavy atom. The van der Waals surface area contributed by atoms with Crippen LogP contribution in [-0.4, -0.2) is 24.2 Å². The van der Waals surface area contributed by atoms with Gasteiger partial charge in [-0.15, -0.1) is 0 Å². The molecule has 7 nitrogen and oxygen atoms in total. The summed E-state index contributed by atoms with van der Waals surface area (Å²) in [6.45, 7) is 2.05. The number of hydrogen-bond acceptors (Lipinski definition) is 4. The van der Waals surface area contributed by atoms with Crippen LogP contribution >= 0.6 is 0 Å². The molecule has 0 atom stereocenters. The molecule has 2 heterocycles. The van der Waals surface area contributed by atoms with Crippen LogP contribution < -0.4 is 10.6 Å². The molecule has 1 aliphatic rings. The van der Waals surface area contributed by atoms with Crippen LogP contribution in [0.1, 0.15) is 32.0 Å². The zero-order chi connectivity index (χ0) is 19.9. The number of amides is 2. The molecule has 0 saturated carbocycles. The van der Waals surface area contributed by atoms with E-state index in [1.54, 1.807) is 6.92 Å². The molecule has 2 aromatic carbocycles. The molecule has 0 fully saturated rings. The molecule has 8 heteroatoms. The summed E-state index contributed by atoms with van der Waals surface area (Å²) in [5.74, 6) is -0.907. The van der Waals surface area contributed by atoms with Crippen molar-refractivity contribution in [2.75, 3.05) is 5.32 Å². The second-order valence-corrected chi connectivity index (χ2v) is 8.32. The lowest BCUT2D eigenvalue weighted by Gasteiger charge is -2.10. The molecule has 0 radical (unpaired) electrons. The van der Waals surface area contributed by atoms with E-state index in [-0.39, 0.29) is 27.7 Å². The van der Waals surface area contributed by atoms with E-state index in [0.717, 1.165) is 9.54 Å². The highest BCUT2D eigenvalue weighted by Crippen LogP contribution is 2.30. The van der Waals surface area contributed by atoms with Crippen molar-refractivity contribution in [2.24, 2.45) is 0 Å². The summed E-state index contributed by atoms with van der Waals surface area (Å²) in [6, 6.07) is 15.1. The second-order valence-electron chi connectivity index (χ2n) is 6.54. The molecule has 1 aromatic heterocycles. The van der Waals surface area contributed by atoms with Gasteiger partial charge in [0.2, 0.25) is 0 Å². The molecule has 2 N–H and O–H groups in total. The molecule has 4 rings (SSSR count). The minimum absolute atomic E-state index is 0.0313. The van der Waals surface area contributed by atoms with Crippen molar-refractivity contribution in [3.63, 3.8) is 0 Å². The van der Waals surface area contributed by atoms with Gasteiger partial charge in [0.15, 0.2) is 0 Å². The van der Waals surface area contributed by atoms with Crippen LogP contribution in [0.2, 0.25) is 0 Å². The Morgan fingerprint density at radius 2 is 1.86 bits per heavy atom. The van der Waals surface area contributed by atoms with Crippen LogP contribution in [0.5, 0.6) is 0 Å². The lowest BCUT2D eigenvalue weighted by Crippen LogP contribution is -2.23. The topological polar surface area (TPSA) is 97.3 Å². The molecule has 3 aromatic rings. The first-order valence-corrected chi connectivity index (χ1v) is 10.0. The lowest BCUT2D eigenvalue weighted by atomic mass is 10.1. The Morgan fingerprint density at radius 1 is 1.11 bits per heavy atom. The van der Waals surface area contributed by atoms with Gasteiger partial charge in [0.1, 0.15) is 10.6 Å². The molecule has 1 aliphatic heterocycles. The van der Waals surface area contributed by atoms with Crippen LogP contribution in [0.4, 0.5) is 5.69 Å². The molecular formula is C20H17N3O4S. The smallest absolute Gasteiger partial charge is 0.273 e. The van der Waals surface area contributed by atoms with Gasteiger partial charge in [0.25, 0.3) is 21.8 Å². The van der Waals surface area contributed by atoms with Crippen LogP contribution in [0, 0.1) is 6.92 Å². The predicted molar refractivity (Wildman–Crippen MR) is 104 cm³/mol. The van der Waals surface area contributed by atoms with Crippen LogP contribution in [0.15, 0.2) is 65.7 Å². The molecule has 28 heavy (non-hydrogen) atoms. The average Bonchev–Trinajstić information content (AvgIpc) is 3.06. The van der Waals surface area contributed by atoms with Gasteiger partial charge in [-0.2, -0.15) is 0 Å². The largest absolute Gasteiger partial charge is 0.348 e.